The molecule has 0 heterocycles. The molecule has 0 aliphatic carbocycles. The molecule has 21 heavy (non-hydrogen) atoms. The molecular formula is C13H19N3O4S. The molecule has 0 radical (unpaired) electrons. The number of nitro benzene ring substituents is 2. The van der Waals surface area contributed by atoms with Crippen LogP contribution in [0.15, 0.2) is 18.2 Å². The van der Waals surface area contributed by atoms with Crippen LogP contribution in [-0.4, -0.2) is 27.4 Å². The summed E-state index contributed by atoms with van der Waals surface area (Å²) >= 11 is 1.72. The van der Waals surface area contributed by atoms with Crippen molar-refractivity contribution >= 4 is 28.8 Å². The van der Waals surface area contributed by atoms with Crippen molar-refractivity contribution in [1.82, 2.24) is 0 Å². The molecule has 116 valence electrons. The van der Waals surface area contributed by atoms with E-state index < -0.39 is 9.85 Å². The monoisotopic (exact) mass is 313 g/mol. The third-order valence-electron chi connectivity index (χ3n) is 3.71. The van der Waals surface area contributed by atoms with Crippen molar-refractivity contribution in [2.75, 3.05) is 18.1 Å². The lowest BCUT2D eigenvalue weighted by Gasteiger charge is -2.30. The topological polar surface area (TPSA) is 98.3 Å². The van der Waals surface area contributed by atoms with Crippen molar-refractivity contribution in [2.45, 2.75) is 31.4 Å². The van der Waals surface area contributed by atoms with E-state index in [0.29, 0.717) is 12.2 Å². The van der Waals surface area contributed by atoms with Crippen LogP contribution in [0.4, 0.5) is 17.1 Å². The van der Waals surface area contributed by atoms with Crippen molar-refractivity contribution in [3.8, 4) is 0 Å². The number of thioether (sulfide) groups is 1. The van der Waals surface area contributed by atoms with E-state index in [-0.39, 0.29) is 16.1 Å². The number of nitro groups is 2. The number of non-ortho nitro benzene ring substituents is 1. The van der Waals surface area contributed by atoms with Crippen molar-refractivity contribution in [1.29, 1.82) is 0 Å². The number of hydrogen-bond acceptors (Lipinski definition) is 6. The zero-order valence-corrected chi connectivity index (χ0v) is 13.1. The highest BCUT2D eigenvalue weighted by Crippen LogP contribution is 2.33. The van der Waals surface area contributed by atoms with Gasteiger partial charge in [0.2, 0.25) is 0 Å². The summed E-state index contributed by atoms with van der Waals surface area (Å²) in [5.41, 5.74) is -0.244. The van der Waals surface area contributed by atoms with E-state index in [9.17, 15) is 20.2 Å². The Bertz CT molecular complexity index is 524. The van der Waals surface area contributed by atoms with Crippen LogP contribution in [0.2, 0.25) is 0 Å². The molecule has 0 bridgehead atoms. The summed E-state index contributed by atoms with van der Waals surface area (Å²) in [6.45, 7) is 4.72. The fourth-order valence-corrected chi connectivity index (χ4v) is 2.85. The molecule has 1 aromatic carbocycles. The summed E-state index contributed by atoms with van der Waals surface area (Å²) in [5.74, 6) is 0. The number of nitrogens with zero attached hydrogens (tertiary/aromatic N) is 2. The standard InChI is InChI=1S/C13H19N3O4S/c1-4-13(5-2,21-3)9-14-11-7-6-10(15(17)18)8-12(11)16(19)20/h6-8,14H,4-5,9H2,1-3H3. The maximum atomic E-state index is 11.1. The fourth-order valence-electron chi connectivity index (χ4n) is 2.05. The van der Waals surface area contributed by atoms with Gasteiger partial charge in [-0.1, -0.05) is 13.8 Å². The Labute approximate surface area is 127 Å². The van der Waals surface area contributed by atoms with Crippen molar-refractivity contribution in [3.63, 3.8) is 0 Å². The zero-order valence-electron chi connectivity index (χ0n) is 12.3. The lowest BCUT2D eigenvalue weighted by atomic mass is 10.0. The number of hydrogen-bond donors (Lipinski definition) is 1. The number of benzene rings is 1. The molecule has 1 rings (SSSR count). The van der Waals surface area contributed by atoms with E-state index in [1.807, 2.05) is 6.26 Å². The number of rotatable bonds is 8. The van der Waals surface area contributed by atoms with Gasteiger partial charge in [-0.3, -0.25) is 20.2 Å². The average molecular weight is 313 g/mol. The van der Waals surface area contributed by atoms with Gasteiger partial charge in [-0.2, -0.15) is 11.8 Å². The molecule has 0 fully saturated rings. The molecule has 8 heteroatoms. The van der Waals surface area contributed by atoms with Crippen LogP contribution in [0.1, 0.15) is 26.7 Å². The molecule has 0 saturated heterocycles. The third kappa shape index (κ3) is 4.07. The van der Waals surface area contributed by atoms with E-state index in [0.717, 1.165) is 18.9 Å². The predicted molar refractivity (Wildman–Crippen MR) is 85.1 cm³/mol. The summed E-state index contributed by atoms with van der Waals surface area (Å²) in [4.78, 5) is 20.5. The van der Waals surface area contributed by atoms with Crippen LogP contribution in [0.25, 0.3) is 0 Å². The van der Waals surface area contributed by atoms with Gasteiger partial charge in [-0.15, -0.1) is 0 Å². The number of nitrogens with one attached hydrogen (secondary N) is 1. The molecule has 0 spiro atoms. The molecular weight excluding hydrogens is 294 g/mol. The van der Waals surface area contributed by atoms with E-state index in [2.05, 4.69) is 19.2 Å². The van der Waals surface area contributed by atoms with Crippen LogP contribution in [0.3, 0.4) is 0 Å². The minimum absolute atomic E-state index is 0.00432. The molecule has 0 amide bonds. The first kappa shape index (κ1) is 17.2. The molecule has 0 aromatic heterocycles. The Balaban J connectivity index is 3.03. The fraction of sp³-hybridized carbons (Fsp3) is 0.538. The quantitative estimate of drug-likeness (QED) is 0.578. The lowest BCUT2D eigenvalue weighted by Crippen LogP contribution is -2.32. The highest BCUT2D eigenvalue weighted by Gasteiger charge is 2.26. The van der Waals surface area contributed by atoms with Crippen molar-refractivity contribution < 1.29 is 9.85 Å². The van der Waals surface area contributed by atoms with Gasteiger partial charge in [0.1, 0.15) is 5.69 Å². The van der Waals surface area contributed by atoms with Crippen LogP contribution in [0.5, 0.6) is 0 Å². The van der Waals surface area contributed by atoms with E-state index in [4.69, 9.17) is 0 Å². The highest BCUT2D eigenvalue weighted by molar-refractivity contribution is 8.00. The van der Waals surface area contributed by atoms with Crippen LogP contribution >= 0.6 is 11.8 Å². The Morgan fingerprint density at radius 3 is 2.24 bits per heavy atom. The van der Waals surface area contributed by atoms with Gasteiger partial charge in [0.15, 0.2) is 0 Å². The summed E-state index contributed by atoms with van der Waals surface area (Å²) in [6, 6.07) is 3.65. The van der Waals surface area contributed by atoms with Crippen molar-refractivity contribution in [2.24, 2.45) is 0 Å². The zero-order chi connectivity index (χ0) is 16.0. The van der Waals surface area contributed by atoms with Gasteiger partial charge in [0, 0.05) is 17.4 Å². The van der Waals surface area contributed by atoms with Crippen LogP contribution in [0, 0.1) is 20.2 Å². The molecule has 1 aromatic rings. The smallest absolute Gasteiger partial charge is 0.299 e. The molecule has 0 atom stereocenters. The lowest BCUT2D eigenvalue weighted by molar-refractivity contribution is -0.393. The first-order valence-electron chi connectivity index (χ1n) is 6.61. The highest BCUT2D eigenvalue weighted by atomic mass is 32.2. The molecule has 0 aliphatic heterocycles. The normalized spacial score (nSPS) is 11.2. The van der Waals surface area contributed by atoms with E-state index in [1.165, 1.54) is 12.1 Å². The Morgan fingerprint density at radius 2 is 1.81 bits per heavy atom. The third-order valence-corrected chi connectivity index (χ3v) is 5.30. The summed E-state index contributed by atoms with van der Waals surface area (Å²) in [6.07, 6.45) is 3.87. The van der Waals surface area contributed by atoms with Crippen LogP contribution in [-0.2, 0) is 0 Å². The maximum absolute atomic E-state index is 11.1. The predicted octanol–water partition coefficient (Wildman–Crippen LogP) is 3.84. The first-order chi connectivity index (χ1) is 9.89. The first-order valence-corrected chi connectivity index (χ1v) is 7.83. The summed E-state index contributed by atoms with van der Waals surface area (Å²) < 4.78 is -0.00432. The molecule has 0 aliphatic rings. The van der Waals surface area contributed by atoms with Gasteiger partial charge in [0.05, 0.1) is 15.9 Å². The minimum atomic E-state index is -0.638. The minimum Gasteiger partial charge on any atom is -0.378 e. The largest absolute Gasteiger partial charge is 0.378 e. The summed E-state index contributed by atoms with van der Waals surface area (Å²) in [7, 11) is 0. The molecule has 7 nitrogen and oxygen atoms in total. The second-order valence-electron chi connectivity index (χ2n) is 4.66. The Kier molecular flexibility index (Phi) is 5.95. The van der Waals surface area contributed by atoms with Gasteiger partial charge >= 0.3 is 0 Å². The molecule has 0 saturated carbocycles. The van der Waals surface area contributed by atoms with Crippen molar-refractivity contribution in [3.05, 3.63) is 38.4 Å². The van der Waals surface area contributed by atoms with E-state index in [1.54, 1.807) is 11.8 Å². The van der Waals surface area contributed by atoms with Gasteiger partial charge < -0.3 is 5.32 Å². The molecule has 0 unspecified atom stereocenters. The Morgan fingerprint density at radius 1 is 1.19 bits per heavy atom. The van der Waals surface area contributed by atoms with Gasteiger partial charge in [0.25, 0.3) is 11.4 Å². The maximum Gasteiger partial charge on any atom is 0.299 e. The van der Waals surface area contributed by atoms with Gasteiger partial charge in [-0.25, -0.2) is 0 Å². The average Bonchev–Trinajstić information content (AvgIpc) is 2.49. The SMILES string of the molecule is CCC(CC)(CNc1ccc([N+](=O)[O-])cc1[N+](=O)[O-])SC. The number of anilines is 1. The second kappa shape index (κ2) is 7.26. The Hall–Kier alpha value is -1.83. The summed E-state index contributed by atoms with van der Waals surface area (Å²) in [5, 5.41) is 24.8. The second-order valence-corrected chi connectivity index (χ2v) is 5.94. The molecule has 1 N–H and O–H groups in total. The van der Waals surface area contributed by atoms with E-state index >= 15 is 0 Å². The van der Waals surface area contributed by atoms with Gasteiger partial charge in [-0.05, 0) is 25.2 Å². The van der Waals surface area contributed by atoms with Crippen LogP contribution < -0.4 is 5.32 Å².